The summed E-state index contributed by atoms with van der Waals surface area (Å²) in [5.74, 6) is 1.03. The van der Waals surface area contributed by atoms with E-state index in [9.17, 15) is 0 Å². The van der Waals surface area contributed by atoms with Crippen LogP contribution in [0.2, 0.25) is 0 Å². The summed E-state index contributed by atoms with van der Waals surface area (Å²) >= 11 is 1.87. The Balaban J connectivity index is 1.61. The molecule has 2 N–H and O–H groups in total. The minimum atomic E-state index is 0.317. The van der Waals surface area contributed by atoms with Gasteiger partial charge in [-0.2, -0.15) is 0 Å². The molecule has 0 saturated carbocycles. The van der Waals surface area contributed by atoms with Crippen LogP contribution in [0.5, 0.6) is 0 Å². The average Bonchev–Trinajstić information content (AvgIpc) is 2.45. The highest BCUT2D eigenvalue weighted by Crippen LogP contribution is 2.18. The van der Waals surface area contributed by atoms with Gasteiger partial charge in [-0.1, -0.05) is 24.6 Å². The lowest BCUT2D eigenvalue weighted by Crippen LogP contribution is -2.35. The number of hydrogen-bond donors (Lipinski definition) is 1. The van der Waals surface area contributed by atoms with Gasteiger partial charge in [0.05, 0.1) is 0 Å². The summed E-state index contributed by atoms with van der Waals surface area (Å²) in [4.78, 5) is 3.89. The van der Waals surface area contributed by atoms with E-state index in [1.807, 2.05) is 11.8 Å². The molecule has 0 aromatic heterocycles. The Hall–Kier alpha value is -0.510. The van der Waals surface area contributed by atoms with Crippen LogP contribution in [0.1, 0.15) is 25.7 Å². The van der Waals surface area contributed by atoms with Gasteiger partial charge in [0, 0.05) is 16.7 Å². The van der Waals surface area contributed by atoms with E-state index >= 15 is 0 Å². The number of thioether (sulfide) groups is 1. The van der Waals surface area contributed by atoms with Crippen molar-refractivity contribution in [1.82, 2.24) is 4.90 Å². The molecule has 1 saturated heterocycles. The zero-order valence-corrected chi connectivity index (χ0v) is 11.9. The normalized spacial score (nSPS) is 18.7. The first-order chi connectivity index (χ1) is 8.84. The number of likely N-dealkylation sites (tertiary alicyclic amines) is 1. The van der Waals surface area contributed by atoms with Crippen molar-refractivity contribution >= 4 is 11.8 Å². The summed E-state index contributed by atoms with van der Waals surface area (Å²) < 4.78 is 0. The fourth-order valence-corrected chi connectivity index (χ4v) is 3.26. The van der Waals surface area contributed by atoms with E-state index in [4.69, 9.17) is 5.73 Å². The highest BCUT2D eigenvalue weighted by Gasteiger charge is 2.11. The molecule has 2 nitrogen and oxygen atoms in total. The largest absolute Gasteiger partial charge is 0.327 e. The number of nitrogens with zero attached hydrogens (tertiary/aromatic N) is 1. The molecular formula is C15H24N2S. The van der Waals surface area contributed by atoms with Crippen LogP contribution in [0.3, 0.4) is 0 Å². The zero-order chi connectivity index (χ0) is 12.6. The molecule has 1 atom stereocenters. The maximum absolute atomic E-state index is 6.19. The van der Waals surface area contributed by atoms with Crippen LogP contribution >= 0.6 is 11.8 Å². The van der Waals surface area contributed by atoms with E-state index in [1.54, 1.807) is 0 Å². The predicted octanol–water partition coefficient (Wildman–Crippen LogP) is 2.98. The molecule has 1 aliphatic rings. The SMILES string of the molecule is N[C@H](CCN1CCCCC1)CSc1ccccc1. The Morgan fingerprint density at radius 3 is 2.56 bits per heavy atom. The van der Waals surface area contributed by atoms with Crippen LogP contribution in [-0.4, -0.2) is 36.3 Å². The van der Waals surface area contributed by atoms with E-state index in [0.29, 0.717) is 6.04 Å². The first-order valence-corrected chi connectivity index (χ1v) is 7.99. The average molecular weight is 264 g/mol. The minimum Gasteiger partial charge on any atom is -0.327 e. The molecule has 0 radical (unpaired) electrons. The van der Waals surface area contributed by atoms with Crippen LogP contribution < -0.4 is 5.73 Å². The predicted molar refractivity (Wildman–Crippen MR) is 80.0 cm³/mol. The van der Waals surface area contributed by atoms with Crippen molar-refractivity contribution in [2.45, 2.75) is 36.6 Å². The van der Waals surface area contributed by atoms with E-state index in [0.717, 1.165) is 12.2 Å². The van der Waals surface area contributed by atoms with Gasteiger partial charge in [-0.25, -0.2) is 0 Å². The monoisotopic (exact) mass is 264 g/mol. The Kier molecular flexibility index (Phi) is 6.05. The highest BCUT2D eigenvalue weighted by molar-refractivity contribution is 7.99. The van der Waals surface area contributed by atoms with E-state index < -0.39 is 0 Å². The van der Waals surface area contributed by atoms with Crippen molar-refractivity contribution in [1.29, 1.82) is 0 Å². The van der Waals surface area contributed by atoms with Crippen LogP contribution in [0.4, 0.5) is 0 Å². The van der Waals surface area contributed by atoms with Crippen molar-refractivity contribution in [2.24, 2.45) is 5.73 Å². The number of hydrogen-bond acceptors (Lipinski definition) is 3. The molecule has 1 heterocycles. The summed E-state index contributed by atoms with van der Waals surface area (Å²) in [6.07, 6.45) is 5.27. The van der Waals surface area contributed by atoms with Crippen molar-refractivity contribution in [3.8, 4) is 0 Å². The Morgan fingerprint density at radius 2 is 1.83 bits per heavy atom. The molecule has 0 bridgehead atoms. The summed E-state index contributed by atoms with van der Waals surface area (Å²) in [6, 6.07) is 10.9. The second-order valence-corrected chi connectivity index (χ2v) is 6.17. The molecule has 1 fully saturated rings. The molecule has 0 amide bonds. The van der Waals surface area contributed by atoms with Crippen molar-refractivity contribution in [2.75, 3.05) is 25.4 Å². The van der Waals surface area contributed by atoms with Gasteiger partial charge in [0.1, 0.15) is 0 Å². The van der Waals surface area contributed by atoms with Crippen LogP contribution in [0.25, 0.3) is 0 Å². The number of nitrogens with two attached hydrogens (primary N) is 1. The van der Waals surface area contributed by atoms with Crippen molar-refractivity contribution in [3.63, 3.8) is 0 Å². The first-order valence-electron chi connectivity index (χ1n) is 7.00. The quantitative estimate of drug-likeness (QED) is 0.801. The van der Waals surface area contributed by atoms with E-state index in [2.05, 4.69) is 35.2 Å². The van der Waals surface area contributed by atoms with Crippen molar-refractivity contribution < 1.29 is 0 Å². The second-order valence-electron chi connectivity index (χ2n) is 5.08. The van der Waals surface area contributed by atoms with Gasteiger partial charge in [0.2, 0.25) is 0 Å². The molecule has 0 spiro atoms. The third-order valence-corrected chi connectivity index (χ3v) is 4.67. The standard InChI is InChI=1S/C15H24N2S/c16-14(9-12-17-10-5-2-6-11-17)13-18-15-7-3-1-4-8-15/h1,3-4,7-8,14H,2,5-6,9-13,16H2/t14-/m1/s1. The Labute approximate surface area is 115 Å². The molecule has 0 unspecified atom stereocenters. The van der Waals surface area contributed by atoms with E-state index in [-0.39, 0.29) is 0 Å². The topological polar surface area (TPSA) is 29.3 Å². The van der Waals surface area contributed by atoms with Gasteiger partial charge in [-0.05, 0) is 51.0 Å². The van der Waals surface area contributed by atoms with Gasteiger partial charge < -0.3 is 10.6 Å². The fourth-order valence-electron chi connectivity index (χ4n) is 2.33. The smallest absolute Gasteiger partial charge is 0.0146 e. The molecule has 1 aromatic rings. The maximum Gasteiger partial charge on any atom is 0.0146 e. The lowest BCUT2D eigenvalue weighted by molar-refractivity contribution is 0.222. The molecule has 1 aromatic carbocycles. The lowest BCUT2D eigenvalue weighted by atomic mass is 10.1. The molecular weight excluding hydrogens is 240 g/mol. The van der Waals surface area contributed by atoms with Gasteiger partial charge in [-0.3, -0.25) is 0 Å². The lowest BCUT2D eigenvalue weighted by Gasteiger charge is -2.27. The Morgan fingerprint density at radius 1 is 1.11 bits per heavy atom. The maximum atomic E-state index is 6.19. The van der Waals surface area contributed by atoms with Crippen LogP contribution in [0.15, 0.2) is 35.2 Å². The summed E-state index contributed by atoms with van der Waals surface area (Å²) in [5, 5.41) is 0. The molecule has 18 heavy (non-hydrogen) atoms. The summed E-state index contributed by atoms with van der Waals surface area (Å²) in [5.41, 5.74) is 6.19. The number of rotatable bonds is 6. The van der Waals surface area contributed by atoms with Gasteiger partial charge in [0.15, 0.2) is 0 Å². The third-order valence-electron chi connectivity index (χ3n) is 3.47. The number of benzene rings is 1. The second kappa shape index (κ2) is 7.82. The molecule has 0 aliphatic carbocycles. The van der Waals surface area contributed by atoms with E-state index in [1.165, 1.54) is 43.8 Å². The van der Waals surface area contributed by atoms with Crippen LogP contribution in [-0.2, 0) is 0 Å². The van der Waals surface area contributed by atoms with Gasteiger partial charge >= 0.3 is 0 Å². The van der Waals surface area contributed by atoms with Gasteiger partial charge in [0.25, 0.3) is 0 Å². The third kappa shape index (κ3) is 5.01. The summed E-state index contributed by atoms with van der Waals surface area (Å²) in [7, 11) is 0. The Bertz CT molecular complexity index is 323. The molecule has 100 valence electrons. The summed E-state index contributed by atoms with van der Waals surface area (Å²) in [6.45, 7) is 3.73. The molecule has 2 rings (SSSR count). The molecule has 1 aliphatic heterocycles. The number of piperidine rings is 1. The molecule has 3 heteroatoms. The fraction of sp³-hybridized carbons (Fsp3) is 0.600. The van der Waals surface area contributed by atoms with Crippen LogP contribution in [0, 0.1) is 0 Å². The highest BCUT2D eigenvalue weighted by atomic mass is 32.2. The van der Waals surface area contributed by atoms with Crippen molar-refractivity contribution in [3.05, 3.63) is 30.3 Å². The zero-order valence-electron chi connectivity index (χ0n) is 11.1. The minimum absolute atomic E-state index is 0.317. The van der Waals surface area contributed by atoms with Gasteiger partial charge in [-0.15, -0.1) is 11.8 Å². The first kappa shape index (κ1) is 13.9.